The molecular formula is C15H12ClF3N2O2. The SMILES string of the molecule is Cc1cc(O)cc(NC(=O)Nc2cc(C(F)(F)F)ccc2Cl)c1. The van der Waals surface area contributed by atoms with Crippen molar-refractivity contribution in [2.45, 2.75) is 13.1 Å². The Morgan fingerprint density at radius 3 is 2.43 bits per heavy atom. The molecule has 23 heavy (non-hydrogen) atoms. The molecule has 0 aromatic heterocycles. The average Bonchev–Trinajstić information content (AvgIpc) is 2.38. The highest BCUT2D eigenvalue weighted by atomic mass is 35.5. The normalized spacial score (nSPS) is 11.2. The van der Waals surface area contributed by atoms with Gasteiger partial charge in [-0.05, 0) is 42.8 Å². The summed E-state index contributed by atoms with van der Waals surface area (Å²) in [6, 6.07) is 6.23. The minimum atomic E-state index is -4.54. The van der Waals surface area contributed by atoms with Crippen molar-refractivity contribution in [2.75, 3.05) is 10.6 Å². The van der Waals surface area contributed by atoms with E-state index in [-0.39, 0.29) is 16.5 Å². The van der Waals surface area contributed by atoms with Crippen LogP contribution in [0.3, 0.4) is 0 Å². The van der Waals surface area contributed by atoms with Crippen molar-refractivity contribution in [1.29, 1.82) is 0 Å². The number of nitrogens with one attached hydrogen (secondary N) is 2. The molecule has 2 aromatic rings. The summed E-state index contributed by atoms with van der Waals surface area (Å²) in [5, 5.41) is 14.1. The molecule has 2 amide bonds. The molecule has 0 aliphatic heterocycles. The Balaban J connectivity index is 2.17. The lowest BCUT2D eigenvalue weighted by Gasteiger charge is -2.12. The fourth-order valence-electron chi connectivity index (χ4n) is 1.92. The number of carbonyl (C=O) groups is 1. The van der Waals surface area contributed by atoms with Crippen LogP contribution in [0.25, 0.3) is 0 Å². The van der Waals surface area contributed by atoms with Crippen LogP contribution in [0.5, 0.6) is 5.75 Å². The van der Waals surface area contributed by atoms with Gasteiger partial charge in [-0.2, -0.15) is 13.2 Å². The van der Waals surface area contributed by atoms with Crippen LogP contribution in [-0.2, 0) is 6.18 Å². The van der Waals surface area contributed by atoms with E-state index < -0.39 is 17.8 Å². The summed E-state index contributed by atoms with van der Waals surface area (Å²) in [5.41, 5.74) is -0.0956. The molecule has 0 bridgehead atoms. The van der Waals surface area contributed by atoms with E-state index >= 15 is 0 Å². The van der Waals surface area contributed by atoms with Crippen LogP contribution >= 0.6 is 11.6 Å². The van der Waals surface area contributed by atoms with E-state index in [0.29, 0.717) is 11.3 Å². The van der Waals surface area contributed by atoms with Gasteiger partial charge >= 0.3 is 12.2 Å². The Morgan fingerprint density at radius 1 is 1.13 bits per heavy atom. The molecule has 0 aliphatic carbocycles. The van der Waals surface area contributed by atoms with Crippen molar-refractivity contribution in [1.82, 2.24) is 0 Å². The van der Waals surface area contributed by atoms with E-state index in [4.69, 9.17) is 11.6 Å². The minimum absolute atomic E-state index is 0.0276. The summed E-state index contributed by atoms with van der Waals surface area (Å²) in [7, 11) is 0. The third-order valence-corrected chi connectivity index (χ3v) is 3.19. The van der Waals surface area contributed by atoms with Gasteiger partial charge in [0.1, 0.15) is 5.75 Å². The van der Waals surface area contributed by atoms with Gasteiger partial charge in [0.15, 0.2) is 0 Å². The molecule has 3 N–H and O–H groups in total. The molecule has 2 aromatic carbocycles. The molecule has 4 nitrogen and oxygen atoms in total. The molecule has 0 atom stereocenters. The topological polar surface area (TPSA) is 61.4 Å². The van der Waals surface area contributed by atoms with Gasteiger partial charge in [-0.3, -0.25) is 0 Å². The van der Waals surface area contributed by atoms with E-state index in [1.165, 1.54) is 12.1 Å². The molecule has 8 heteroatoms. The Kier molecular flexibility index (Phi) is 4.70. The van der Waals surface area contributed by atoms with Crippen LogP contribution in [0.15, 0.2) is 36.4 Å². The molecule has 0 fully saturated rings. The predicted octanol–water partition coefficient (Wildman–Crippen LogP) is 5.02. The van der Waals surface area contributed by atoms with E-state index in [0.717, 1.165) is 18.2 Å². The number of urea groups is 1. The number of aromatic hydroxyl groups is 1. The number of benzene rings is 2. The number of anilines is 2. The second-order valence-corrected chi connectivity index (χ2v) is 5.24. The van der Waals surface area contributed by atoms with Crippen molar-refractivity contribution in [3.05, 3.63) is 52.5 Å². The standard InChI is InChI=1S/C15H12ClF3N2O2/c1-8-4-10(7-11(22)5-8)20-14(23)21-13-6-9(15(17,18)19)2-3-12(13)16/h2-7,22H,1H3,(H2,20,21,23). The van der Waals surface area contributed by atoms with E-state index in [1.54, 1.807) is 13.0 Å². The summed E-state index contributed by atoms with van der Waals surface area (Å²) < 4.78 is 38.0. The zero-order valence-corrected chi connectivity index (χ0v) is 12.6. The monoisotopic (exact) mass is 344 g/mol. The van der Waals surface area contributed by atoms with Crippen molar-refractivity contribution in [3.8, 4) is 5.75 Å². The van der Waals surface area contributed by atoms with Crippen LogP contribution < -0.4 is 10.6 Å². The van der Waals surface area contributed by atoms with Crippen LogP contribution in [0.1, 0.15) is 11.1 Å². The van der Waals surface area contributed by atoms with E-state index in [2.05, 4.69) is 10.6 Å². The maximum atomic E-state index is 12.7. The third kappa shape index (κ3) is 4.53. The van der Waals surface area contributed by atoms with Crippen molar-refractivity contribution < 1.29 is 23.1 Å². The first-order valence-corrected chi connectivity index (χ1v) is 6.78. The smallest absolute Gasteiger partial charge is 0.416 e. The summed E-state index contributed by atoms with van der Waals surface area (Å²) >= 11 is 5.79. The van der Waals surface area contributed by atoms with Gasteiger partial charge in [0.2, 0.25) is 0 Å². The third-order valence-electron chi connectivity index (χ3n) is 2.86. The number of hydrogen-bond acceptors (Lipinski definition) is 2. The molecule has 0 saturated carbocycles. The Bertz CT molecular complexity index is 728. The fourth-order valence-corrected chi connectivity index (χ4v) is 2.08. The van der Waals surface area contributed by atoms with Crippen LogP contribution in [0, 0.1) is 6.92 Å². The quantitative estimate of drug-likeness (QED) is 0.716. The Morgan fingerprint density at radius 2 is 1.83 bits per heavy atom. The Labute approximate surface area is 134 Å². The van der Waals surface area contributed by atoms with Gasteiger partial charge in [0, 0.05) is 11.8 Å². The fraction of sp³-hybridized carbons (Fsp3) is 0.133. The molecule has 0 heterocycles. The maximum absolute atomic E-state index is 12.7. The average molecular weight is 345 g/mol. The van der Waals surface area contributed by atoms with Gasteiger partial charge in [-0.15, -0.1) is 0 Å². The van der Waals surface area contributed by atoms with E-state index in [1.807, 2.05) is 0 Å². The number of carbonyl (C=O) groups excluding carboxylic acids is 1. The summed E-state index contributed by atoms with van der Waals surface area (Å²) in [6.45, 7) is 1.71. The van der Waals surface area contributed by atoms with Crippen molar-refractivity contribution >= 4 is 29.0 Å². The molecule has 122 valence electrons. The molecule has 0 unspecified atom stereocenters. The lowest BCUT2D eigenvalue weighted by molar-refractivity contribution is -0.137. The molecule has 0 radical (unpaired) electrons. The zero-order chi connectivity index (χ0) is 17.2. The lowest BCUT2D eigenvalue weighted by Crippen LogP contribution is -2.20. The number of hydrogen-bond donors (Lipinski definition) is 3. The van der Waals surface area contributed by atoms with Crippen LogP contribution in [0.4, 0.5) is 29.3 Å². The highest BCUT2D eigenvalue weighted by Crippen LogP contribution is 2.33. The highest BCUT2D eigenvalue weighted by molar-refractivity contribution is 6.33. The first-order valence-electron chi connectivity index (χ1n) is 6.40. The number of phenolic OH excluding ortho intramolecular Hbond substituents is 1. The molecule has 0 aliphatic rings. The molecule has 0 spiro atoms. The van der Waals surface area contributed by atoms with Gasteiger partial charge in [0.05, 0.1) is 16.3 Å². The largest absolute Gasteiger partial charge is 0.508 e. The molecular weight excluding hydrogens is 333 g/mol. The summed E-state index contributed by atoms with van der Waals surface area (Å²) in [5.74, 6) is -0.0441. The summed E-state index contributed by atoms with van der Waals surface area (Å²) in [6.07, 6.45) is -4.54. The van der Waals surface area contributed by atoms with Crippen molar-refractivity contribution in [2.24, 2.45) is 0 Å². The van der Waals surface area contributed by atoms with Gasteiger partial charge in [0.25, 0.3) is 0 Å². The van der Waals surface area contributed by atoms with Crippen LogP contribution in [-0.4, -0.2) is 11.1 Å². The van der Waals surface area contributed by atoms with Gasteiger partial charge < -0.3 is 15.7 Å². The summed E-state index contributed by atoms with van der Waals surface area (Å²) in [4.78, 5) is 11.9. The number of rotatable bonds is 2. The van der Waals surface area contributed by atoms with Crippen molar-refractivity contribution in [3.63, 3.8) is 0 Å². The zero-order valence-electron chi connectivity index (χ0n) is 11.8. The second kappa shape index (κ2) is 6.37. The van der Waals surface area contributed by atoms with Crippen LogP contribution in [0.2, 0.25) is 5.02 Å². The minimum Gasteiger partial charge on any atom is -0.508 e. The lowest BCUT2D eigenvalue weighted by atomic mass is 10.2. The maximum Gasteiger partial charge on any atom is 0.416 e. The predicted molar refractivity (Wildman–Crippen MR) is 81.9 cm³/mol. The number of aryl methyl sites for hydroxylation is 1. The number of alkyl halides is 3. The molecule has 2 rings (SSSR count). The number of amides is 2. The Hall–Kier alpha value is -2.41. The van der Waals surface area contributed by atoms with Gasteiger partial charge in [-0.25, -0.2) is 4.79 Å². The first kappa shape index (κ1) is 17.0. The van der Waals surface area contributed by atoms with Gasteiger partial charge in [-0.1, -0.05) is 11.6 Å². The number of halogens is 4. The second-order valence-electron chi connectivity index (χ2n) is 4.83. The first-order chi connectivity index (χ1) is 10.6. The highest BCUT2D eigenvalue weighted by Gasteiger charge is 2.31. The molecule has 0 saturated heterocycles. The number of phenols is 1. The van der Waals surface area contributed by atoms with E-state index in [9.17, 15) is 23.1 Å².